The first-order chi connectivity index (χ1) is 11.9. The van der Waals surface area contributed by atoms with Crippen LogP contribution in [0.3, 0.4) is 0 Å². The van der Waals surface area contributed by atoms with Crippen LogP contribution in [-0.2, 0) is 9.53 Å². The molecule has 134 valence electrons. The Morgan fingerprint density at radius 2 is 1.92 bits per heavy atom. The molecule has 2 aromatic rings. The molecule has 0 saturated carbocycles. The molecule has 3 atom stereocenters. The highest BCUT2D eigenvalue weighted by atomic mass is 35.5. The smallest absolute Gasteiger partial charge is 0.323 e. The average Bonchev–Trinajstić information content (AvgIpc) is 2.58. The normalized spacial score (nSPS) is 14.4. The van der Waals surface area contributed by atoms with E-state index in [1.807, 2.05) is 30.3 Å². The fourth-order valence-electron chi connectivity index (χ4n) is 2.32. The molecule has 0 aliphatic carbocycles. The molecule has 0 heterocycles. The first kappa shape index (κ1) is 19.2. The van der Waals surface area contributed by atoms with Gasteiger partial charge in [-0.25, -0.2) is 4.39 Å². The van der Waals surface area contributed by atoms with E-state index in [9.17, 15) is 9.18 Å². The van der Waals surface area contributed by atoms with Crippen molar-refractivity contribution in [2.75, 3.05) is 0 Å². The van der Waals surface area contributed by atoms with Crippen molar-refractivity contribution < 1.29 is 18.7 Å². The van der Waals surface area contributed by atoms with E-state index in [0.717, 1.165) is 5.56 Å². The van der Waals surface area contributed by atoms with Crippen molar-refractivity contribution in [3.05, 3.63) is 64.9 Å². The maximum atomic E-state index is 13.6. The highest BCUT2D eigenvalue weighted by Gasteiger charge is 2.27. The van der Waals surface area contributed by atoms with Gasteiger partial charge in [-0.3, -0.25) is 4.79 Å². The lowest BCUT2D eigenvalue weighted by molar-refractivity contribution is -0.154. The summed E-state index contributed by atoms with van der Waals surface area (Å²) in [5.74, 6) is -0.759. The number of halogens is 2. The summed E-state index contributed by atoms with van der Waals surface area (Å²) in [5, 5.41) is 0.222. The van der Waals surface area contributed by atoms with Gasteiger partial charge >= 0.3 is 5.97 Å². The third kappa shape index (κ3) is 5.44. The Morgan fingerprint density at radius 3 is 2.52 bits per heavy atom. The molecule has 2 rings (SSSR count). The Bertz CT molecular complexity index is 691. The maximum absolute atomic E-state index is 13.6. The molecule has 0 unspecified atom stereocenters. The molecule has 2 aromatic carbocycles. The van der Waals surface area contributed by atoms with Gasteiger partial charge in [-0.05, 0) is 31.0 Å². The van der Waals surface area contributed by atoms with Gasteiger partial charge in [0, 0.05) is 11.1 Å². The summed E-state index contributed by atoms with van der Waals surface area (Å²) >= 11 is 5.88. The highest BCUT2D eigenvalue weighted by molar-refractivity contribution is 6.30. The van der Waals surface area contributed by atoms with E-state index in [1.165, 1.54) is 18.2 Å². The van der Waals surface area contributed by atoms with Crippen LogP contribution in [0, 0.1) is 5.82 Å². The second-order valence-corrected chi connectivity index (χ2v) is 6.15. The highest BCUT2D eigenvalue weighted by Crippen LogP contribution is 2.29. The average molecular weight is 366 g/mol. The largest absolute Gasteiger partial charge is 0.482 e. The number of hydrogen-bond acceptors (Lipinski definition) is 4. The van der Waals surface area contributed by atoms with Crippen LogP contribution in [0.4, 0.5) is 4.39 Å². The first-order valence-electron chi connectivity index (χ1n) is 8.04. The van der Waals surface area contributed by atoms with Crippen molar-refractivity contribution in [3.8, 4) is 5.75 Å². The number of benzene rings is 2. The van der Waals surface area contributed by atoms with Gasteiger partial charge in [0.05, 0.1) is 0 Å². The fraction of sp³-hybridized carbons (Fsp3) is 0.316. The Balaban J connectivity index is 2.25. The van der Waals surface area contributed by atoms with Crippen LogP contribution < -0.4 is 10.5 Å². The zero-order chi connectivity index (χ0) is 18.4. The zero-order valence-corrected chi connectivity index (χ0v) is 14.9. The molecule has 0 fully saturated rings. The van der Waals surface area contributed by atoms with Crippen molar-refractivity contribution in [3.63, 3.8) is 0 Å². The minimum Gasteiger partial charge on any atom is -0.482 e. The fourth-order valence-corrected chi connectivity index (χ4v) is 2.53. The minimum absolute atomic E-state index is 0.222. The number of ether oxygens (including phenoxy) is 2. The van der Waals surface area contributed by atoms with E-state index >= 15 is 0 Å². The summed E-state index contributed by atoms with van der Waals surface area (Å²) in [7, 11) is 0. The first-order valence-corrected chi connectivity index (χ1v) is 8.42. The van der Waals surface area contributed by atoms with Crippen LogP contribution in [0.25, 0.3) is 0 Å². The van der Waals surface area contributed by atoms with Crippen molar-refractivity contribution in [2.45, 2.75) is 38.5 Å². The van der Waals surface area contributed by atoms with Gasteiger partial charge in [0.25, 0.3) is 0 Å². The van der Waals surface area contributed by atoms with Gasteiger partial charge in [-0.15, -0.1) is 0 Å². The third-order valence-electron chi connectivity index (χ3n) is 3.70. The lowest BCUT2D eigenvalue weighted by Gasteiger charge is -2.26. The molecule has 0 aliphatic heterocycles. The predicted molar refractivity (Wildman–Crippen MR) is 95.0 cm³/mol. The summed E-state index contributed by atoms with van der Waals surface area (Å²) in [5.41, 5.74) is 6.50. The topological polar surface area (TPSA) is 61.6 Å². The second-order valence-electron chi connectivity index (χ2n) is 5.71. The van der Waals surface area contributed by atoms with Crippen LogP contribution >= 0.6 is 11.6 Å². The number of carbonyl (C=O) groups excluding carboxylic acids is 1. The Kier molecular flexibility index (Phi) is 6.79. The standard InChI is InChI=1S/C19H21ClFNO3/c1-3-17(22)19(23)24-12(2)18(13-7-5-4-6-8-13)25-16-10-14(20)9-15(21)11-16/h4-12,17-18H,3,22H2,1-2H3/t12-,17-,18-/m0/s1. The van der Waals surface area contributed by atoms with E-state index in [2.05, 4.69) is 0 Å². The molecule has 25 heavy (non-hydrogen) atoms. The molecule has 0 aliphatic rings. The SMILES string of the molecule is CC[C@H](N)C(=O)O[C@@H](C)[C@H](Oc1cc(F)cc(Cl)c1)c1ccccc1. The number of rotatable bonds is 7. The van der Waals surface area contributed by atoms with Crippen molar-refractivity contribution >= 4 is 17.6 Å². The summed E-state index contributed by atoms with van der Waals surface area (Å²) in [6.45, 7) is 3.51. The maximum Gasteiger partial charge on any atom is 0.323 e. The Morgan fingerprint density at radius 1 is 1.24 bits per heavy atom. The van der Waals surface area contributed by atoms with Crippen LogP contribution in [0.5, 0.6) is 5.75 Å². The molecule has 0 amide bonds. The van der Waals surface area contributed by atoms with Crippen LogP contribution in [0.2, 0.25) is 5.02 Å². The summed E-state index contributed by atoms with van der Waals surface area (Å²) < 4.78 is 24.9. The van der Waals surface area contributed by atoms with E-state index in [1.54, 1.807) is 13.8 Å². The lowest BCUT2D eigenvalue weighted by atomic mass is 10.0. The molecule has 0 radical (unpaired) electrons. The van der Waals surface area contributed by atoms with E-state index < -0.39 is 30.0 Å². The quantitative estimate of drug-likeness (QED) is 0.744. The molecule has 2 N–H and O–H groups in total. The molecule has 0 spiro atoms. The van der Waals surface area contributed by atoms with Gasteiger partial charge in [-0.2, -0.15) is 0 Å². The zero-order valence-electron chi connectivity index (χ0n) is 14.1. The second kappa shape index (κ2) is 8.83. The van der Waals surface area contributed by atoms with Crippen molar-refractivity contribution in [1.29, 1.82) is 0 Å². The monoisotopic (exact) mass is 365 g/mol. The number of nitrogens with two attached hydrogens (primary N) is 1. The van der Waals surface area contributed by atoms with E-state index in [-0.39, 0.29) is 10.8 Å². The molecule has 0 aromatic heterocycles. The molecule has 0 saturated heterocycles. The Labute approximate surface area is 151 Å². The number of carbonyl (C=O) groups is 1. The predicted octanol–water partition coefficient (Wildman–Crippen LogP) is 4.27. The number of esters is 1. The third-order valence-corrected chi connectivity index (χ3v) is 3.92. The molecule has 4 nitrogen and oxygen atoms in total. The molecule has 6 heteroatoms. The van der Waals surface area contributed by atoms with Gasteiger partial charge in [-0.1, -0.05) is 48.9 Å². The van der Waals surface area contributed by atoms with Gasteiger partial charge in [0.2, 0.25) is 0 Å². The van der Waals surface area contributed by atoms with Gasteiger partial charge in [0.15, 0.2) is 6.10 Å². The molecule has 0 bridgehead atoms. The van der Waals surface area contributed by atoms with Crippen molar-refractivity contribution in [1.82, 2.24) is 0 Å². The van der Waals surface area contributed by atoms with Crippen molar-refractivity contribution in [2.24, 2.45) is 5.73 Å². The van der Waals surface area contributed by atoms with Gasteiger partial charge in [0.1, 0.15) is 23.7 Å². The van der Waals surface area contributed by atoms with Crippen LogP contribution in [0.1, 0.15) is 31.9 Å². The Hall–Kier alpha value is -2.11. The van der Waals surface area contributed by atoms with Crippen LogP contribution in [0.15, 0.2) is 48.5 Å². The van der Waals surface area contributed by atoms with Crippen LogP contribution in [-0.4, -0.2) is 18.1 Å². The summed E-state index contributed by atoms with van der Waals surface area (Å²) in [6, 6.07) is 12.5. The lowest BCUT2D eigenvalue weighted by Crippen LogP contribution is -2.36. The molecular weight excluding hydrogens is 345 g/mol. The van der Waals surface area contributed by atoms with Gasteiger partial charge < -0.3 is 15.2 Å². The molecular formula is C19H21ClFNO3. The van der Waals surface area contributed by atoms with E-state index in [0.29, 0.717) is 6.42 Å². The number of hydrogen-bond donors (Lipinski definition) is 1. The summed E-state index contributed by atoms with van der Waals surface area (Å²) in [4.78, 5) is 12.0. The summed E-state index contributed by atoms with van der Waals surface area (Å²) in [6.07, 6.45) is -0.788. The van der Waals surface area contributed by atoms with E-state index in [4.69, 9.17) is 26.8 Å². The minimum atomic E-state index is -0.692.